The predicted molar refractivity (Wildman–Crippen MR) is 95.5 cm³/mol. The molecule has 1 aliphatic rings. The Balaban J connectivity index is 1.58. The Kier molecular flexibility index (Phi) is 5.02. The molecular weight excluding hydrogens is 334 g/mol. The average molecular weight is 353 g/mol. The van der Waals surface area contributed by atoms with Gasteiger partial charge in [0.25, 0.3) is 5.91 Å². The topological polar surface area (TPSA) is 81.7 Å². The van der Waals surface area contributed by atoms with E-state index in [1.807, 2.05) is 32.0 Å². The Bertz CT molecular complexity index is 888. The molecule has 0 atom stereocenters. The molecule has 6 heteroatoms. The van der Waals surface area contributed by atoms with Gasteiger partial charge in [0.1, 0.15) is 5.75 Å². The number of anilines is 1. The van der Waals surface area contributed by atoms with E-state index >= 15 is 0 Å². The minimum absolute atomic E-state index is 0.0452. The van der Waals surface area contributed by atoms with Gasteiger partial charge in [-0.3, -0.25) is 14.4 Å². The van der Waals surface area contributed by atoms with E-state index in [-0.39, 0.29) is 31.3 Å². The van der Waals surface area contributed by atoms with E-state index in [1.54, 1.807) is 12.1 Å². The highest BCUT2D eigenvalue weighted by atomic mass is 16.5. The van der Waals surface area contributed by atoms with Crippen molar-refractivity contribution >= 4 is 23.3 Å². The lowest BCUT2D eigenvalue weighted by molar-refractivity contribution is -0.141. The average Bonchev–Trinajstić information content (AvgIpc) is 2.62. The molecule has 3 rings (SSSR count). The number of hydrogen-bond donors (Lipinski definition) is 1. The minimum Gasteiger partial charge on any atom is -0.482 e. The second-order valence-electron chi connectivity index (χ2n) is 6.23. The third-order valence-electron chi connectivity index (χ3n) is 4.22. The summed E-state index contributed by atoms with van der Waals surface area (Å²) in [5.74, 6) is -0.577. The van der Waals surface area contributed by atoms with Gasteiger partial charge in [-0.2, -0.15) is 0 Å². The molecule has 0 saturated carbocycles. The van der Waals surface area contributed by atoms with Gasteiger partial charge in [0.05, 0.1) is 12.1 Å². The summed E-state index contributed by atoms with van der Waals surface area (Å²) in [6.07, 6.45) is 0.114. The van der Waals surface area contributed by atoms with Gasteiger partial charge in [-0.1, -0.05) is 18.2 Å². The van der Waals surface area contributed by atoms with Gasteiger partial charge >= 0.3 is 5.97 Å². The largest absolute Gasteiger partial charge is 0.482 e. The number of carbonyl (C=O) groups is 3. The highest BCUT2D eigenvalue weighted by molar-refractivity contribution is 6.01. The van der Waals surface area contributed by atoms with Crippen molar-refractivity contribution < 1.29 is 23.9 Å². The third kappa shape index (κ3) is 4.08. The molecule has 0 spiro atoms. The van der Waals surface area contributed by atoms with E-state index < -0.39 is 5.97 Å². The van der Waals surface area contributed by atoms with Gasteiger partial charge < -0.3 is 14.8 Å². The molecule has 2 aromatic carbocycles. The van der Waals surface area contributed by atoms with Crippen LogP contribution in [0.25, 0.3) is 0 Å². The van der Waals surface area contributed by atoms with Crippen molar-refractivity contribution in [2.45, 2.75) is 20.3 Å². The first-order chi connectivity index (χ1) is 12.4. The molecule has 0 fully saturated rings. The van der Waals surface area contributed by atoms with Crippen LogP contribution >= 0.6 is 0 Å². The van der Waals surface area contributed by atoms with Crippen LogP contribution in [-0.2, 0) is 20.7 Å². The number of Topliss-reactive ketones (excluding diaryl/α,β-unsaturated/α-hetero) is 1. The summed E-state index contributed by atoms with van der Waals surface area (Å²) in [7, 11) is 0. The van der Waals surface area contributed by atoms with E-state index in [9.17, 15) is 14.4 Å². The number of aryl methyl sites for hydroxylation is 2. The normalized spacial score (nSPS) is 12.6. The molecule has 0 radical (unpaired) electrons. The number of rotatable bonds is 5. The molecule has 6 nitrogen and oxygen atoms in total. The van der Waals surface area contributed by atoms with E-state index in [4.69, 9.17) is 9.47 Å². The monoisotopic (exact) mass is 353 g/mol. The highest BCUT2D eigenvalue weighted by Gasteiger charge is 2.18. The molecule has 1 aliphatic heterocycles. The number of amides is 1. The van der Waals surface area contributed by atoms with Crippen molar-refractivity contribution in [3.05, 3.63) is 58.7 Å². The van der Waals surface area contributed by atoms with Crippen LogP contribution in [-0.4, -0.2) is 30.9 Å². The van der Waals surface area contributed by atoms with Crippen LogP contribution in [0.1, 0.15) is 27.0 Å². The maximum absolute atomic E-state index is 12.2. The minimum atomic E-state index is -0.462. The molecule has 1 N–H and O–H groups in total. The summed E-state index contributed by atoms with van der Waals surface area (Å²) in [5, 5.41) is 2.64. The van der Waals surface area contributed by atoms with Crippen LogP contribution in [0.3, 0.4) is 0 Å². The molecule has 26 heavy (non-hydrogen) atoms. The predicted octanol–water partition coefficient (Wildman–Crippen LogP) is 2.60. The quantitative estimate of drug-likeness (QED) is 0.660. The summed E-state index contributed by atoms with van der Waals surface area (Å²) in [6, 6.07) is 10.5. The van der Waals surface area contributed by atoms with Crippen LogP contribution in [0.2, 0.25) is 0 Å². The first-order valence-corrected chi connectivity index (χ1v) is 8.24. The molecular formula is C20H19NO5. The maximum Gasteiger partial charge on any atom is 0.310 e. The first kappa shape index (κ1) is 17.7. The van der Waals surface area contributed by atoms with E-state index in [1.165, 1.54) is 6.07 Å². The van der Waals surface area contributed by atoms with Crippen LogP contribution in [0.15, 0.2) is 36.4 Å². The fourth-order valence-electron chi connectivity index (χ4n) is 2.62. The van der Waals surface area contributed by atoms with Crippen LogP contribution < -0.4 is 10.1 Å². The van der Waals surface area contributed by atoms with Crippen molar-refractivity contribution in [1.29, 1.82) is 0 Å². The molecule has 2 aromatic rings. The highest BCUT2D eigenvalue weighted by Crippen LogP contribution is 2.28. The maximum atomic E-state index is 12.2. The zero-order valence-electron chi connectivity index (χ0n) is 14.6. The molecule has 1 amide bonds. The number of esters is 1. The van der Waals surface area contributed by atoms with Gasteiger partial charge in [0.15, 0.2) is 19.0 Å². The summed E-state index contributed by atoms with van der Waals surface area (Å²) >= 11 is 0. The zero-order valence-corrected chi connectivity index (χ0v) is 14.6. The summed E-state index contributed by atoms with van der Waals surface area (Å²) < 4.78 is 10.3. The Morgan fingerprint density at radius 2 is 1.92 bits per heavy atom. The second-order valence-corrected chi connectivity index (χ2v) is 6.23. The summed E-state index contributed by atoms with van der Waals surface area (Å²) in [5.41, 5.74) is 3.88. The van der Waals surface area contributed by atoms with Gasteiger partial charge in [0, 0.05) is 5.56 Å². The first-order valence-electron chi connectivity index (χ1n) is 8.24. The van der Waals surface area contributed by atoms with Gasteiger partial charge in [-0.15, -0.1) is 0 Å². The molecule has 1 heterocycles. The van der Waals surface area contributed by atoms with Crippen molar-refractivity contribution in [1.82, 2.24) is 0 Å². The SMILES string of the molecule is Cc1ccc(CC(=O)OCC(=O)c2ccc3c(c2)NC(=O)CO3)cc1C. The molecule has 0 unspecified atom stereocenters. The third-order valence-corrected chi connectivity index (χ3v) is 4.22. The number of hydrogen-bond acceptors (Lipinski definition) is 5. The Morgan fingerprint density at radius 1 is 1.12 bits per heavy atom. The molecule has 0 aliphatic carbocycles. The van der Waals surface area contributed by atoms with Gasteiger partial charge in [-0.25, -0.2) is 0 Å². The van der Waals surface area contributed by atoms with E-state index in [0.29, 0.717) is 17.0 Å². The number of ketones is 1. The molecule has 0 aromatic heterocycles. The zero-order chi connectivity index (χ0) is 18.7. The Labute approximate surface area is 151 Å². The number of nitrogens with one attached hydrogen (secondary N) is 1. The van der Waals surface area contributed by atoms with Crippen LogP contribution in [0.5, 0.6) is 5.75 Å². The van der Waals surface area contributed by atoms with Crippen molar-refractivity contribution in [3.8, 4) is 5.75 Å². The van der Waals surface area contributed by atoms with Gasteiger partial charge in [-0.05, 0) is 48.7 Å². The lowest BCUT2D eigenvalue weighted by atomic mass is 10.0. The molecule has 0 bridgehead atoms. The number of fused-ring (bicyclic) bond motifs is 1. The number of ether oxygens (including phenoxy) is 2. The fourth-order valence-corrected chi connectivity index (χ4v) is 2.62. The number of benzene rings is 2. The van der Waals surface area contributed by atoms with E-state index in [0.717, 1.165) is 16.7 Å². The Morgan fingerprint density at radius 3 is 2.69 bits per heavy atom. The van der Waals surface area contributed by atoms with Crippen LogP contribution in [0, 0.1) is 13.8 Å². The van der Waals surface area contributed by atoms with Gasteiger partial charge in [0.2, 0.25) is 0 Å². The standard InChI is InChI=1S/C20H19NO5/c1-12-3-4-14(7-13(12)2)8-20(24)26-10-17(22)15-5-6-18-16(9-15)21-19(23)11-25-18/h3-7,9H,8,10-11H2,1-2H3,(H,21,23). The molecule has 134 valence electrons. The summed E-state index contributed by atoms with van der Waals surface area (Å²) in [4.78, 5) is 35.6. The van der Waals surface area contributed by atoms with Crippen molar-refractivity contribution in [3.63, 3.8) is 0 Å². The lowest BCUT2D eigenvalue weighted by Gasteiger charge is -2.18. The second kappa shape index (κ2) is 7.39. The number of carbonyl (C=O) groups excluding carboxylic acids is 3. The molecule has 0 saturated heterocycles. The van der Waals surface area contributed by atoms with Crippen molar-refractivity contribution in [2.24, 2.45) is 0 Å². The fraction of sp³-hybridized carbons (Fsp3) is 0.250. The summed E-state index contributed by atoms with van der Waals surface area (Å²) in [6.45, 7) is 3.59. The van der Waals surface area contributed by atoms with Crippen molar-refractivity contribution in [2.75, 3.05) is 18.5 Å². The van der Waals surface area contributed by atoms with Crippen LogP contribution in [0.4, 0.5) is 5.69 Å². The smallest absolute Gasteiger partial charge is 0.310 e. The lowest BCUT2D eigenvalue weighted by Crippen LogP contribution is -2.25. The Hall–Kier alpha value is -3.15. The van der Waals surface area contributed by atoms with E-state index in [2.05, 4.69) is 5.32 Å².